The van der Waals surface area contributed by atoms with Crippen LogP contribution >= 0.6 is 12.2 Å². The van der Waals surface area contributed by atoms with Crippen LogP contribution in [0, 0.1) is 12.7 Å². The molecule has 156 valence electrons. The number of hydrogen-bond acceptors (Lipinski definition) is 3. The van der Waals surface area contributed by atoms with Crippen molar-refractivity contribution < 1.29 is 4.39 Å². The molecule has 0 unspecified atom stereocenters. The molecule has 1 aliphatic rings. The summed E-state index contributed by atoms with van der Waals surface area (Å²) in [7, 11) is 0. The normalized spacial score (nSPS) is 14.7. The second-order valence-corrected chi connectivity index (χ2v) is 8.12. The Bertz CT molecular complexity index is 993. The van der Waals surface area contributed by atoms with Crippen molar-refractivity contribution in [2.75, 3.05) is 31.5 Å². The summed E-state index contributed by atoms with van der Waals surface area (Å²) in [6, 6.07) is 15.3. The van der Waals surface area contributed by atoms with Crippen molar-refractivity contribution in [2.24, 2.45) is 0 Å². The van der Waals surface area contributed by atoms with Crippen LogP contribution in [0.1, 0.15) is 16.7 Å². The largest absolute Gasteiger partial charge is 0.346 e. The van der Waals surface area contributed by atoms with Gasteiger partial charge in [0.2, 0.25) is 0 Å². The molecule has 0 radical (unpaired) electrons. The lowest BCUT2D eigenvalue weighted by molar-refractivity contribution is 0.177. The van der Waals surface area contributed by atoms with Crippen molar-refractivity contribution in [2.45, 2.75) is 20.0 Å². The molecular weight excluding hydrogens is 397 g/mol. The Hall–Kier alpha value is -2.77. The number of nitrogens with one attached hydrogen (secondary N) is 1. The number of rotatable bonds is 5. The Balaban J connectivity index is 1.26. The Morgan fingerprint density at radius 1 is 1.03 bits per heavy atom. The summed E-state index contributed by atoms with van der Waals surface area (Å²) in [5.74, 6) is -0.181. The third kappa shape index (κ3) is 5.43. The summed E-state index contributed by atoms with van der Waals surface area (Å²) >= 11 is 5.60. The first-order chi connectivity index (χ1) is 14.5. The zero-order valence-electron chi connectivity index (χ0n) is 17.1. The maximum absolute atomic E-state index is 13.4. The van der Waals surface area contributed by atoms with E-state index in [1.807, 2.05) is 16.9 Å². The van der Waals surface area contributed by atoms with Crippen LogP contribution in [0.25, 0.3) is 0 Å². The fourth-order valence-corrected chi connectivity index (χ4v) is 3.90. The molecular formula is C23H26FN5S. The molecule has 1 saturated heterocycles. The third-order valence-electron chi connectivity index (χ3n) is 5.30. The number of hydrogen-bond donors (Lipinski definition) is 1. The molecule has 2 aromatic carbocycles. The fourth-order valence-electron chi connectivity index (χ4n) is 3.60. The standard InChI is InChI=1S/C23H26FN5S/c1-18-5-7-19(8-6-18)16-29-17-22(14-25-29)26-23(30)28-11-9-27(10-12-28)15-20-3-2-4-21(24)13-20/h2-8,13-14,17H,9-12,15-16H2,1H3,(H,26,30). The van der Waals surface area contributed by atoms with E-state index in [2.05, 4.69) is 51.4 Å². The highest BCUT2D eigenvalue weighted by Crippen LogP contribution is 2.13. The molecule has 0 atom stereocenters. The molecule has 1 fully saturated rings. The SMILES string of the molecule is Cc1ccc(Cn2cc(NC(=S)N3CCN(Cc4cccc(F)c4)CC3)cn2)cc1. The van der Waals surface area contributed by atoms with E-state index in [0.29, 0.717) is 0 Å². The number of thiocarbonyl (C=S) groups is 1. The van der Waals surface area contributed by atoms with Gasteiger partial charge in [0.05, 0.1) is 18.4 Å². The second kappa shape index (κ2) is 9.36. The smallest absolute Gasteiger partial charge is 0.173 e. The van der Waals surface area contributed by atoms with Gasteiger partial charge in [-0.1, -0.05) is 42.0 Å². The van der Waals surface area contributed by atoms with E-state index in [1.165, 1.54) is 17.2 Å². The Labute approximate surface area is 182 Å². The highest BCUT2D eigenvalue weighted by atomic mass is 32.1. The summed E-state index contributed by atoms with van der Waals surface area (Å²) in [5, 5.41) is 8.46. The topological polar surface area (TPSA) is 36.3 Å². The minimum Gasteiger partial charge on any atom is -0.346 e. The lowest BCUT2D eigenvalue weighted by atomic mass is 10.1. The van der Waals surface area contributed by atoms with Crippen molar-refractivity contribution in [1.82, 2.24) is 19.6 Å². The van der Waals surface area contributed by atoms with Crippen molar-refractivity contribution >= 4 is 23.0 Å². The number of anilines is 1. The van der Waals surface area contributed by atoms with E-state index >= 15 is 0 Å². The van der Waals surface area contributed by atoms with Crippen LogP contribution in [0.15, 0.2) is 60.9 Å². The second-order valence-electron chi connectivity index (χ2n) is 7.74. The van der Waals surface area contributed by atoms with Gasteiger partial charge in [-0.25, -0.2) is 4.39 Å². The lowest BCUT2D eigenvalue weighted by Gasteiger charge is -2.36. The minimum atomic E-state index is -0.181. The summed E-state index contributed by atoms with van der Waals surface area (Å²) < 4.78 is 15.3. The van der Waals surface area contributed by atoms with Crippen LogP contribution < -0.4 is 5.32 Å². The van der Waals surface area contributed by atoms with E-state index in [-0.39, 0.29) is 5.82 Å². The van der Waals surface area contributed by atoms with E-state index in [4.69, 9.17) is 12.2 Å². The zero-order chi connectivity index (χ0) is 20.9. The molecule has 1 aliphatic heterocycles. The molecule has 30 heavy (non-hydrogen) atoms. The lowest BCUT2D eigenvalue weighted by Crippen LogP contribution is -2.49. The van der Waals surface area contributed by atoms with E-state index in [1.54, 1.807) is 18.3 Å². The number of aromatic nitrogens is 2. The van der Waals surface area contributed by atoms with Crippen molar-refractivity contribution in [3.05, 3.63) is 83.4 Å². The molecule has 0 bridgehead atoms. The monoisotopic (exact) mass is 423 g/mol. The molecule has 5 nitrogen and oxygen atoms in total. The average molecular weight is 424 g/mol. The maximum atomic E-state index is 13.4. The predicted molar refractivity (Wildman–Crippen MR) is 122 cm³/mol. The van der Waals surface area contributed by atoms with Crippen LogP contribution in [0.5, 0.6) is 0 Å². The molecule has 7 heteroatoms. The summed E-state index contributed by atoms with van der Waals surface area (Å²) in [6.07, 6.45) is 3.78. The maximum Gasteiger partial charge on any atom is 0.173 e. The van der Waals surface area contributed by atoms with Gasteiger partial charge < -0.3 is 10.2 Å². The Morgan fingerprint density at radius 3 is 2.53 bits per heavy atom. The van der Waals surface area contributed by atoms with Crippen LogP contribution in [0.3, 0.4) is 0 Å². The van der Waals surface area contributed by atoms with Gasteiger partial charge in [-0.15, -0.1) is 0 Å². The quantitative estimate of drug-likeness (QED) is 0.630. The van der Waals surface area contributed by atoms with E-state index < -0.39 is 0 Å². The first-order valence-electron chi connectivity index (χ1n) is 10.2. The number of halogens is 1. The number of piperazine rings is 1. The molecule has 0 spiro atoms. The molecule has 0 saturated carbocycles. The summed E-state index contributed by atoms with van der Waals surface area (Å²) in [5.41, 5.74) is 4.37. The van der Waals surface area contributed by atoms with Crippen molar-refractivity contribution in [3.63, 3.8) is 0 Å². The van der Waals surface area contributed by atoms with Gasteiger partial charge in [-0.05, 0) is 42.4 Å². The van der Waals surface area contributed by atoms with E-state index in [9.17, 15) is 4.39 Å². The highest BCUT2D eigenvalue weighted by Gasteiger charge is 2.19. The van der Waals surface area contributed by atoms with Crippen molar-refractivity contribution in [1.29, 1.82) is 0 Å². The van der Waals surface area contributed by atoms with Gasteiger partial charge in [0.15, 0.2) is 5.11 Å². The van der Waals surface area contributed by atoms with Crippen LogP contribution in [0.2, 0.25) is 0 Å². The van der Waals surface area contributed by atoms with Crippen LogP contribution in [-0.2, 0) is 13.1 Å². The first-order valence-corrected chi connectivity index (χ1v) is 10.6. The van der Waals surface area contributed by atoms with Gasteiger partial charge in [0.25, 0.3) is 0 Å². The van der Waals surface area contributed by atoms with Gasteiger partial charge in [0.1, 0.15) is 5.82 Å². The molecule has 4 rings (SSSR count). The number of benzene rings is 2. The first kappa shape index (κ1) is 20.5. The predicted octanol–water partition coefficient (Wildman–Crippen LogP) is 3.89. The fraction of sp³-hybridized carbons (Fsp3) is 0.304. The number of aryl methyl sites for hydroxylation is 1. The summed E-state index contributed by atoms with van der Waals surface area (Å²) in [6.45, 7) is 7.06. The van der Waals surface area contributed by atoms with Crippen LogP contribution in [0.4, 0.5) is 10.1 Å². The molecule has 2 heterocycles. The molecule has 0 amide bonds. The van der Waals surface area contributed by atoms with E-state index in [0.717, 1.165) is 55.6 Å². The highest BCUT2D eigenvalue weighted by molar-refractivity contribution is 7.80. The molecule has 1 aromatic heterocycles. The van der Waals surface area contributed by atoms with Gasteiger partial charge in [-0.2, -0.15) is 5.10 Å². The number of nitrogens with zero attached hydrogens (tertiary/aromatic N) is 4. The molecule has 3 aromatic rings. The zero-order valence-corrected chi connectivity index (χ0v) is 17.9. The van der Waals surface area contributed by atoms with Crippen LogP contribution in [-0.4, -0.2) is 50.9 Å². The third-order valence-corrected chi connectivity index (χ3v) is 5.66. The van der Waals surface area contributed by atoms with Crippen molar-refractivity contribution in [3.8, 4) is 0 Å². The van der Waals surface area contributed by atoms with Gasteiger partial charge >= 0.3 is 0 Å². The average Bonchev–Trinajstić information content (AvgIpc) is 3.17. The minimum absolute atomic E-state index is 0.181. The molecule has 1 N–H and O–H groups in total. The molecule has 0 aliphatic carbocycles. The Morgan fingerprint density at radius 2 is 1.80 bits per heavy atom. The van der Waals surface area contributed by atoms with Gasteiger partial charge in [0, 0.05) is 38.9 Å². The Kier molecular flexibility index (Phi) is 6.40. The summed E-state index contributed by atoms with van der Waals surface area (Å²) in [4.78, 5) is 4.50. The van der Waals surface area contributed by atoms with Gasteiger partial charge in [-0.3, -0.25) is 9.58 Å².